The molecule has 0 aliphatic heterocycles. The molecule has 2 aromatic rings. The molecule has 0 radical (unpaired) electrons. The molecule has 0 spiro atoms. The SMILES string of the molecule is CCOC(=O)CCCn1c(C)cc2cc(OC)cc(C)c21. The summed E-state index contributed by atoms with van der Waals surface area (Å²) < 4.78 is 12.6. The maximum Gasteiger partial charge on any atom is 0.305 e. The number of aromatic nitrogens is 1. The van der Waals surface area contributed by atoms with E-state index < -0.39 is 0 Å². The number of hydrogen-bond donors (Lipinski definition) is 0. The minimum Gasteiger partial charge on any atom is -0.497 e. The number of carbonyl (C=O) groups is 1. The molecule has 1 heterocycles. The molecule has 1 aromatic heterocycles. The van der Waals surface area contributed by atoms with E-state index in [0.29, 0.717) is 13.0 Å². The van der Waals surface area contributed by atoms with Gasteiger partial charge < -0.3 is 14.0 Å². The van der Waals surface area contributed by atoms with Crippen LogP contribution in [0.1, 0.15) is 31.0 Å². The van der Waals surface area contributed by atoms with Gasteiger partial charge in [0, 0.05) is 24.0 Å². The molecule has 0 aliphatic rings. The normalized spacial score (nSPS) is 10.9. The van der Waals surface area contributed by atoms with E-state index in [1.165, 1.54) is 22.2 Å². The topological polar surface area (TPSA) is 40.5 Å². The van der Waals surface area contributed by atoms with Crippen molar-refractivity contribution in [1.29, 1.82) is 0 Å². The Balaban J connectivity index is 2.20. The van der Waals surface area contributed by atoms with Crippen molar-refractivity contribution in [2.24, 2.45) is 0 Å². The highest BCUT2D eigenvalue weighted by molar-refractivity contribution is 5.86. The third kappa shape index (κ3) is 3.38. The lowest BCUT2D eigenvalue weighted by Gasteiger charge is -2.11. The fourth-order valence-electron chi connectivity index (χ4n) is 2.75. The second-order valence-corrected chi connectivity index (χ2v) is 5.23. The van der Waals surface area contributed by atoms with Crippen LogP contribution >= 0.6 is 0 Å². The van der Waals surface area contributed by atoms with Gasteiger partial charge in [-0.3, -0.25) is 4.79 Å². The van der Waals surface area contributed by atoms with Crippen LogP contribution in [0.4, 0.5) is 0 Å². The molecule has 21 heavy (non-hydrogen) atoms. The zero-order valence-corrected chi connectivity index (χ0v) is 13.2. The molecule has 0 bridgehead atoms. The predicted octanol–water partition coefficient (Wildman–Crippen LogP) is 3.61. The van der Waals surface area contributed by atoms with Gasteiger partial charge >= 0.3 is 5.97 Å². The number of rotatable bonds is 6. The third-order valence-corrected chi connectivity index (χ3v) is 3.67. The van der Waals surface area contributed by atoms with Crippen LogP contribution in [0.15, 0.2) is 18.2 Å². The molecule has 4 heteroatoms. The number of fused-ring (bicyclic) bond motifs is 1. The number of esters is 1. The zero-order chi connectivity index (χ0) is 15.4. The van der Waals surface area contributed by atoms with Crippen molar-refractivity contribution >= 4 is 16.9 Å². The molecule has 2 rings (SSSR count). The summed E-state index contributed by atoms with van der Waals surface area (Å²) in [5, 5.41) is 1.18. The van der Waals surface area contributed by atoms with Gasteiger partial charge in [-0.25, -0.2) is 0 Å². The highest BCUT2D eigenvalue weighted by atomic mass is 16.5. The van der Waals surface area contributed by atoms with Crippen LogP contribution < -0.4 is 4.74 Å². The Kier molecular flexibility index (Phi) is 4.89. The monoisotopic (exact) mass is 289 g/mol. The van der Waals surface area contributed by atoms with E-state index in [9.17, 15) is 4.79 Å². The number of carbonyl (C=O) groups excluding carboxylic acids is 1. The highest BCUT2D eigenvalue weighted by Gasteiger charge is 2.11. The van der Waals surface area contributed by atoms with Crippen molar-refractivity contribution < 1.29 is 14.3 Å². The van der Waals surface area contributed by atoms with Crippen LogP contribution in [-0.4, -0.2) is 24.3 Å². The lowest BCUT2D eigenvalue weighted by molar-refractivity contribution is -0.143. The van der Waals surface area contributed by atoms with Gasteiger partial charge in [0.1, 0.15) is 5.75 Å². The van der Waals surface area contributed by atoms with Gasteiger partial charge in [-0.1, -0.05) is 0 Å². The molecule has 0 aliphatic carbocycles. The van der Waals surface area contributed by atoms with Gasteiger partial charge in [-0.2, -0.15) is 0 Å². The second-order valence-electron chi connectivity index (χ2n) is 5.23. The standard InChI is InChI=1S/C17H23NO3/c1-5-21-16(19)7-6-8-18-13(3)10-14-11-15(20-4)9-12(2)17(14)18/h9-11H,5-8H2,1-4H3. The van der Waals surface area contributed by atoms with E-state index in [1.54, 1.807) is 7.11 Å². The molecule has 0 saturated carbocycles. The molecular formula is C17H23NO3. The van der Waals surface area contributed by atoms with E-state index >= 15 is 0 Å². The number of hydrogen-bond acceptors (Lipinski definition) is 3. The van der Waals surface area contributed by atoms with Crippen LogP contribution in [0, 0.1) is 13.8 Å². The Morgan fingerprint density at radius 1 is 1.24 bits per heavy atom. The first-order valence-corrected chi connectivity index (χ1v) is 7.37. The highest BCUT2D eigenvalue weighted by Crippen LogP contribution is 2.28. The Bertz CT molecular complexity index is 643. The largest absolute Gasteiger partial charge is 0.497 e. The van der Waals surface area contributed by atoms with E-state index in [2.05, 4.69) is 30.5 Å². The lowest BCUT2D eigenvalue weighted by atomic mass is 10.1. The van der Waals surface area contributed by atoms with Crippen LogP contribution in [0.2, 0.25) is 0 Å². The maximum absolute atomic E-state index is 11.4. The molecule has 4 nitrogen and oxygen atoms in total. The van der Waals surface area contributed by atoms with Crippen molar-refractivity contribution in [2.75, 3.05) is 13.7 Å². The summed E-state index contributed by atoms with van der Waals surface area (Å²) in [5.74, 6) is 0.758. The summed E-state index contributed by atoms with van der Waals surface area (Å²) in [6.45, 7) is 7.28. The summed E-state index contributed by atoms with van der Waals surface area (Å²) in [6.07, 6.45) is 1.25. The smallest absolute Gasteiger partial charge is 0.305 e. The van der Waals surface area contributed by atoms with E-state index in [1.807, 2.05) is 13.0 Å². The molecule has 0 saturated heterocycles. The molecule has 114 valence electrons. The molecule has 1 aromatic carbocycles. The molecule has 0 atom stereocenters. The van der Waals surface area contributed by atoms with Gasteiger partial charge in [0.2, 0.25) is 0 Å². The van der Waals surface area contributed by atoms with Crippen LogP contribution in [0.25, 0.3) is 10.9 Å². The minimum absolute atomic E-state index is 0.120. The molecule has 0 unspecified atom stereocenters. The summed E-state index contributed by atoms with van der Waals surface area (Å²) in [4.78, 5) is 11.4. The van der Waals surface area contributed by atoms with Crippen molar-refractivity contribution in [1.82, 2.24) is 4.57 Å². The fraction of sp³-hybridized carbons (Fsp3) is 0.471. The zero-order valence-electron chi connectivity index (χ0n) is 13.2. The van der Waals surface area contributed by atoms with Crippen molar-refractivity contribution in [3.63, 3.8) is 0 Å². The molecular weight excluding hydrogens is 266 g/mol. The fourth-order valence-corrected chi connectivity index (χ4v) is 2.75. The van der Waals surface area contributed by atoms with Crippen LogP contribution in [0.3, 0.4) is 0 Å². The van der Waals surface area contributed by atoms with Gasteiger partial charge in [-0.05, 0) is 51.0 Å². The molecule has 0 N–H and O–H groups in total. The number of ether oxygens (including phenoxy) is 2. The number of methoxy groups -OCH3 is 1. The van der Waals surface area contributed by atoms with Crippen LogP contribution in [0.5, 0.6) is 5.75 Å². The summed E-state index contributed by atoms with van der Waals surface area (Å²) in [7, 11) is 1.68. The van der Waals surface area contributed by atoms with Gasteiger partial charge in [0.05, 0.1) is 19.2 Å². The van der Waals surface area contributed by atoms with E-state index in [-0.39, 0.29) is 5.97 Å². The third-order valence-electron chi connectivity index (χ3n) is 3.67. The second kappa shape index (κ2) is 6.66. The van der Waals surface area contributed by atoms with Gasteiger partial charge in [-0.15, -0.1) is 0 Å². The number of benzene rings is 1. The van der Waals surface area contributed by atoms with Gasteiger partial charge in [0.15, 0.2) is 0 Å². The van der Waals surface area contributed by atoms with Crippen molar-refractivity contribution in [2.45, 2.75) is 40.2 Å². The van der Waals surface area contributed by atoms with Crippen molar-refractivity contribution in [3.05, 3.63) is 29.5 Å². The maximum atomic E-state index is 11.4. The van der Waals surface area contributed by atoms with Gasteiger partial charge in [0.25, 0.3) is 0 Å². The quantitative estimate of drug-likeness (QED) is 0.763. The average molecular weight is 289 g/mol. The first-order valence-electron chi connectivity index (χ1n) is 7.37. The molecule has 0 amide bonds. The summed E-state index contributed by atoms with van der Waals surface area (Å²) in [5.41, 5.74) is 3.61. The first kappa shape index (κ1) is 15.4. The first-order chi connectivity index (χ1) is 10.1. The number of aryl methyl sites for hydroxylation is 3. The lowest BCUT2D eigenvalue weighted by Crippen LogP contribution is -2.07. The Morgan fingerprint density at radius 2 is 2.00 bits per heavy atom. The number of nitrogens with zero attached hydrogens (tertiary/aromatic N) is 1. The van der Waals surface area contributed by atoms with Crippen LogP contribution in [-0.2, 0) is 16.1 Å². The average Bonchev–Trinajstić information content (AvgIpc) is 2.75. The minimum atomic E-state index is -0.120. The van der Waals surface area contributed by atoms with E-state index in [4.69, 9.17) is 9.47 Å². The Labute approximate surface area is 125 Å². The molecule has 0 fully saturated rings. The summed E-state index contributed by atoms with van der Waals surface area (Å²) >= 11 is 0. The van der Waals surface area contributed by atoms with Crippen molar-refractivity contribution in [3.8, 4) is 5.75 Å². The Hall–Kier alpha value is -1.97. The predicted molar refractivity (Wildman–Crippen MR) is 83.8 cm³/mol. The Morgan fingerprint density at radius 3 is 2.67 bits per heavy atom. The summed E-state index contributed by atoms with van der Waals surface area (Å²) in [6, 6.07) is 6.26. The van der Waals surface area contributed by atoms with E-state index in [0.717, 1.165) is 18.7 Å².